The molecule has 0 aliphatic carbocycles. The van der Waals surface area contributed by atoms with Crippen molar-refractivity contribution < 1.29 is 4.39 Å². The Bertz CT molecular complexity index is 626. The summed E-state index contributed by atoms with van der Waals surface area (Å²) in [6.07, 6.45) is 0. The molecule has 0 saturated heterocycles. The molecule has 0 aromatic heterocycles. The zero-order valence-electron chi connectivity index (χ0n) is 11.0. The molecule has 20 heavy (non-hydrogen) atoms. The van der Waals surface area contributed by atoms with Crippen LogP contribution >= 0.6 is 11.6 Å². The lowest BCUT2D eigenvalue weighted by molar-refractivity contribution is 0.627. The monoisotopic (exact) mass is 291 g/mol. The van der Waals surface area contributed by atoms with Gasteiger partial charge in [0.1, 0.15) is 11.7 Å². The Kier molecular flexibility index (Phi) is 4.25. The third-order valence-corrected chi connectivity index (χ3v) is 3.32. The van der Waals surface area contributed by atoms with Crippen molar-refractivity contribution in [2.45, 2.75) is 6.54 Å². The number of hydrogen-bond donors (Lipinski definition) is 2. The summed E-state index contributed by atoms with van der Waals surface area (Å²) in [7, 11) is 1.88. The number of nitrogens with two attached hydrogens (primary N) is 1. The SMILES string of the molecule is CN(Cc1ccc(F)cc1)c1cccc(Cl)c1C(=N)N. The predicted octanol–water partition coefficient (Wildman–Crippen LogP) is 3.40. The van der Waals surface area contributed by atoms with Gasteiger partial charge in [0.15, 0.2) is 0 Å². The first kappa shape index (κ1) is 14.3. The molecule has 0 unspecified atom stereocenters. The topological polar surface area (TPSA) is 53.1 Å². The molecular weight excluding hydrogens is 277 g/mol. The fourth-order valence-corrected chi connectivity index (χ4v) is 2.32. The van der Waals surface area contributed by atoms with E-state index < -0.39 is 0 Å². The van der Waals surface area contributed by atoms with E-state index in [2.05, 4.69) is 0 Å². The van der Waals surface area contributed by atoms with Crippen molar-refractivity contribution in [2.24, 2.45) is 5.73 Å². The van der Waals surface area contributed by atoms with E-state index in [4.69, 9.17) is 22.7 Å². The van der Waals surface area contributed by atoms with Gasteiger partial charge in [0.25, 0.3) is 0 Å². The van der Waals surface area contributed by atoms with Gasteiger partial charge in [-0.05, 0) is 29.8 Å². The molecule has 0 aliphatic rings. The van der Waals surface area contributed by atoms with Gasteiger partial charge in [0, 0.05) is 19.3 Å². The van der Waals surface area contributed by atoms with Crippen LogP contribution in [0.1, 0.15) is 11.1 Å². The highest BCUT2D eigenvalue weighted by molar-refractivity contribution is 6.34. The van der Waals surface area contributed by atoms with Crippen molar-refractivity contribution in [2.75, 3.05) is 11.9 Å². The van der Waals surface area contributed by atoms with Gasteiger partial charge < -0.3 is 10.6 Å². The van der Waals surface area contributed by atoms with Gasteiger partial charge in [-0.2, -0.15) is 0 Å². The fourth-order valence-electron chi connectivity index (χ4n) is 2.05. The van der Waals surface area contributed by atoms with E-state index in [0.29, 0.717) is 17.1 Å². The molecule has 0 amide bonds. The number of rotatable bonds is 4. The molecule has 0 saturated carbocycles. The number of nitrogens with zero attached hydrogens (tertiary/aromatic N) is 1. The molecule has 3 N–H and O–H groups in total. The number of amidine groups is 1. The van der Waals surface area contributed by atoms with Crippen LogP contribution in [0.15, 0.2) is 42.5 Å². The third-order valence-electron chi connectivity index (χ3n) is 3.01. The Labute approximate surface area is 122 Å². The highest BCUT2D eigenvalue weighted by atomic mass is 35.5. The van der Waals surface area contributed by atoms with E-state index in [0.717, 1.165) is 11.3 Å². The lowest BCUT2D eigenvalue weighted by atomic mass is 10.1. The van der Waals surface area contributed by atoms with Gasteiger partial charge in [-0.1, -0.05) is 29.8 Å². The van der Waals surface area contributed by atoms with Crippen LogP contribution in [0.5, 0.6) is 0 Å². The van der Waals surface area contributed by atoms with Crippen LogP contribution in [0.2, 0.25) is 5.02 Å². The van der Waals surface area contributed by atoms with E-state index >= 15 is 0 Å². The molecule has 104 valence electrons. The standard InChI is InChI=1S/C15H15ClFN3/c1-20(9-10-5-7-11(17)8-6-10)13-4-2-3-12(16)14(13)15(18)19/h2-8H,9H2,1H3,(H3,18,19). The number of benzene rings is 2. The number of hydrogen-bond acceptors (Lipinski definition) is 2. The first-order valence-electron chi connectivity index (χ1n) is 6.07. The number of nitrogen functional groups attached to an aromatic ring is 1. The predicted molar refractivity (Wildman–Crippen MR) is 81.0 cm³/mol. The fraction of sp³-hybridized carbons (Fsp3) is 0.133. The number of halogens is 2. The first-order chi connectivity index (χ1) is 9.49. The largest absolute Gasteiger partial charge is 0.384 e. The summed E-state index contributed by atoms with van der Waals surface area (Å²) in [5.41, 5.74) is 7.84. The third kappa shape index (κ3) is 3.08. The Hall–Kier alpha value is -2.07. The van der Waals surface area contributed by atoms with E-state index in [9.17, 15) is 4.39 Å². The molecule has 0 spiro atoms. The maximum absolute atomic E-state index is 12.9. The second-order valence-electron chi connectivity index (χ2n) is 4.53. The summed E-state index contributed by atoms with van der Waals surface area (Å²) in [5.74, 6) is -0.333. The molecule has 0 atom stereocenters. The summed E-state index contributed by atoms with van der Waals surface area (Å²) in [6, 6.07) is 11.7. The zero-order chi connectivity index (χ0) is 14.7. The minimum absolute atomic E-state index is 0.0726. The number of anilines is 1. The average Bonchev–Trinajstić information content (AvgIpc) is 2.40. The van der Waals surface area contributed by atoms with E-state index in [-0.39, 0.29) is 11.7 Å². The van der Waals surface area contributed by atoms with Gasteiger partial charge >= 0.3 is 0 Å². The molecule has 0 aliphatic heterocycles. The number of nitrogens with one attached hydrogen (secondary N) is 1. The maximum Gasteiger partial charge on any atom is 0.126 e. The summed E-state index contributed by atoms with van der Waals surface area (Å²) in [6.45, 7) is 0.570. The first-order valence-corrected chi connectivity index (χ1v) is 6.45. The van der Waals surface area contributed by atoms with Crippen LogP contribution in [0.4, 0.5) is 10.1 Å². The highest BCUT2D eigenvalue weighted by Crippen LogP contribution is 2.27. The van der Waals surface area contributed by atoms with Crippen LogP contribution in [0, 0.1) is 11.2 Å². The quantitative estimate of drug-likeness (QED) is 0.670. The van der Waals surface area contributed by atoms with E-state index in [1.165, 1.54) is 12.1 Å². The molecule has 2 aromatic carbocycles. The molecule has 2 aromatic rings. The summed E-state index contributed by atoms with van der Waals surface area (Å²) < 4.78 is 12.9. The Morgan fingerprint density at radius 3 is 2.50 bits per heavy atom. The lowest BCUT2D eigenvalue weighted by Gasteiger charge is -2.23. The van der Waals surface area contributed by atoms with Gasteiger partial charge in [-0.15, -0.1) is 0 Å². The second kappa shape index (κ2) is 5.92. The molecule has 5 heteroatoms. The van der Waals surface area contributed by atoms with Crippen LogP contribution in [-0.4, -0.2) is 12.9 Å². The second-order valence-corrected chi connectivity index (χ2v) is 4.94. The highest BCUT2D eigenvalue weighted by Gasteiger charge is 2.13. The Balaban J connectivity index is 2.29. The van der Waals surface area contributed by atoms with E-state index in [1.807, 2.05) is 24.1 Å². The van der Waals surface area contributed by atoms with Gasteiger partial charge in [0.05, 0.1) is 10.6 Å². The van der Waals surface area contributed by atoms with Gasteiger partial charge in [-0.25, -0.2) is 4.39 Å². The average molecular weight is 292 g/mol. The van der Waals surface area contributed by atoms with Crippen LogP contribution in [-0.2, 0) is 6.54 Å². The summed E-state index contributed by atoms with van der Waals surface area (Å²) >= 11 is 6.10. The van der Waals surface area contributed by atoms with Crippen molar-refractivity contribution in [1.29, 1.82) is 5.41 Å². The van der Waals surface area contributed by atoms with Crippen molar-refractivity contribution in [3.05, 3.63) is 64.4 Å². The summed E-state index contributed by atoms with van der Waals surface area (Å²) in [4.78, 5) is 1.93. The van der Waals surface area contributed by atoms with Crippen LogP contribution in [0.3, 0.4) is 0 Å². The van der Waals surface area contributed by atoms with Crippen molar-refractivity contribution >= 4 is 23.1 Å². The molecule has 3 nitrogen and oxygen atoms in total. The molecule has 0 radical (unpaired) electrons. The Morgan fingerprint density at radius 1 is 1.25 bits per heavy atom. The zero-order valence-corrected chi connectivity index (χ0v) is 11.8. The van der Waals surface area contributed by atoms with Crippen molar-refractivity contribution in [3.63, 3.8) is 0 Å². The maximum atomic E-state index is 12.9. The minimum Gasteiger partial charge on any atom is -0.384 e. The normalized spacial score (nSPS) is 10.3. The molecule has 2 rings (SSSR count). The van der Waals surface area contributed by atoms with Crippen molar-refractivity contribution in [1.82, 2.24) is 0 Å². The molecule has 0 bridgehead atoms. The molecule has 0 heterocycles. The lowest BCUT2D eigenvalue weighted by Crippen LogP contribution is -2.22. The Morgan fingerprint density at radius 2 is 1.90 bits per heavy atom. The van der Waals surface area contributed by atoms with E-state index in [1.54, 1.807) is 18.2 Å². The van der Waals surface area contributed by atoms with Gasteiger partial charge in [-0.3, -0.25) is 5.41 Å². The van der Waals surface area contributed by atoms with Crippen LogP contribution in [0.25, 0.3) is 0 Å². The smallest absolute Gasteiger partial charge is 0.126 e. The molecular formula is C15H15ClFN3. The van der Waals surface area contributed by atoms with Crippen LogP contribution < -0.4 is 10.6 Å². The minimum atomic E-state index is -0.261. The van der Waals surface area contributed by atoms with Crippen molar-refractivity contribution in [3.8, 4) is 0 Å². The summed E-state index contributed by atoms with van der Waals surface area (Å²) in [5, 5.41) is 8.08. The van der Waals surface area contributed by atoms with Gasteiger partial charge in [0.2, 0.25) is 0 Å². The molecule has 0 fully saturated rings.